The summed E-state index contributed by atoms with van der Waals surface area (Å²) in [7, 11) is -3.58. The van der Waals surface area contributed by atoms with Crippen molar-refractivity contribution in [3.8, 4) is 0 Å². The van der Waals surface area contributed by atoms with Crippen LogP contribution in [0.3, 0.4) is 0 Å². The van der Waals surface area contributed by atoms with Crippen molar-refractivity contribution in [1.82, 2.24) is 4.90 Å². The first kappa shape index (κ1) is 16.3. The topological polar surface area (TPSA) is 74.7 Å². The normalized spacial score (nSPS) is 16.8. The fraction of sp³-hybridized carbons (Fsp3) is 0.500. The highest BCUT2D eigenvalue weighted by atomic mass is 35.5. The van der Waals surface area contributed by atoms with E-state index in [9.17, 15) is 13.2 Å². The molecule has 0 spiro atoms. The molecular formula is C14H18ClNO4S. The first-order valence-electron chi connectivity index (χ1n) is 6.88. The highest BCUT2D eigenvalue weighted by Crippen LogP contribution is 2.24. The Morgan fingerprint density at radius 2 is 1.90 bits per heavy atom. The SMILES string of the molecule is O=C(O)c1ccc(Cl)c(S(=O)(=O)CCN2CCCCC2)c1. The van der Waals surface area contributed by atoms with Gasteiger partial charge in [0.15, 0.2) is 9.84 Å². The van der Waals surface area contributed by atoms with E-state index in [0.29, 0.717) is 6.54 Å². The van der Waals surface area contributed by atoms with Crippen molar-refractivity contribution in [3.63, 3.8) is 0 Å². The molecule has 1 fully saturated rings. The van der Waals surface area contributed by atoms with E-state index in [1.807, 2.05) is 0 Å². The number of carbonyl (C=O) groups is 1. The third kappa shape index (κ3) is 4.18. The van der Waals surface area contributed by atoms with Crippen molar-refractivity contribution in [2.75, 3.05) is 25.4 Å². The number of aromatic carboxylic acids is 1. The van der Waals surface area contributed by atoms with Crippen molar-refractivity contribution in [3.05, 3.63) is 28.8 Å². The van der Waals surface area contributed by atoms with Crippen LogP contribution in [0.2, 0.25) is 5.02 Å². The number of sulfone groups is 1. The molecule has 0 amide bonds. The van der Waals surface area contributed by atoms with Crippen LogP contribution in [0.4, 0.5) is 0 Å². The largest absolute Gasteiger partial charge is 0.478 e. The third-order valence-electron chi connectivity index (χ3n) is 3.64. The second-order valence-electron chi connectivity index (χ2n) is 5.17. The van der Waals surface area contributed by atoms with Crippen LogP contribution in [0.25, 0.3) is 0 Å². The van der Waals surface area contributed by atoms with Crippen LogP contribution >= 0.6 is 11.6 Å². The molecule has 0 unspecified atom stereocenters. The number of nitrogens with zero attached hydrogens (tertiary/aromatic N) is 1. The molecule has 0 atom stereocenters. The van der Waals surface area contributed by atoms with Crippen LogP contribution in [0, 0.1) is 0 Å². The van der Waals surface area contributed by atoms with E-state index in [1.165, 1.54) is 18.6 Å². The standard InChI is InChI=1S/C14H18ClNO4S/c15-12-5-4-11(14(17)18)10-13(12)21(19,20)9-8-16-6-2-1-3-7-16/h4-5,10H,1-3,6-9H2,(H,17,18). The maximum Gasteiger partial charge on any atom is 0.335 e. The average Bonchev–Trinajstić information content (AvgIpc) is 2.46. The summed E-state index contributed by atoms with van der Waals surface area (Å²) in [6, 6.07) is 3.75. The summed E-state index contributed by atoms with van der Waals surface area (Å²) in [5, 5.41) is 9.02. The van der Waals surface area contributed by atoms with Crippen LogP contribution in [0.5, 0.6) is 0 Å². The van der Waals surface area contributed by atoms with Gasteiger partial charge < -0.3 is 10.0 Å². The highest BCUT2D eigenvalue weighted by molar-refractivity contribution is 7.91. The molecule has 1 aromatic carbocycles. The van der Waals surface area contributed by atoms with Gasteiger partial charge in [0, 0.05) is 6.54 Å². The van der Waals surface area contributed by atoms with Crippen LogP contribution in [-0.4, -0.2) is 49.8 Å². The summed E-state index contributed by atoms with van der Waals surface area (Å²) in [4.78, 5) is 13.0. The summed E-state index contributed by atoms with van der Waals surface area (Å²) in [6.07, 6.45) is 3.38. The van der Waals surface area contributed by atoms with Gasteiger partial charge in [-0.1, -0.05) is 18.0 Å². The lowest BCUT2D eigenvalue weighted by Gasteiger charge is -2.26. The van der Waals surface area contributed by atoms with Crippen molar-refractivity contribution < 1.29 is 18.3 Å². The smallest absolute Gasteiger partial charge is 0.335 e. The van der Waals surface area contributed by atoms with Gasteiger partial charge >= 0.3 is 5.97 Å². The number of likely N-dealkylation sites (tertiary alicyclic amines) is 1. The van der Waals surface area contributed by atoms with Crippen molar-refractivity contribution in [2.45, 2.75) is 24.2 Å². The molecule has 1 aliphatic rings. The molecule has 1 heterocycles. The van der Waals surface area contributed by atoms with Gasteiger partial charge in [-0.3, -0.25) is 0 Å². The van der Waals surface area contributed by atoms with Gasteiger partial charge in [0.1, 0.15) is 0 Å². The molecule has 1 saturated heterocycles. The van der Waals surface area contributed by atoms with Gasteiger partial charge in [-0.05, 0) is 44.1 Å². The van der Waals surface area contributed by atoms with Crippen LogP contribution in [-0.2, 0) is 9.84 Å². The Balaban J connectivity index is 2.14. The van der Waals surface area contributed by atoms with E-state index in [0.717, 1.165) is 32.0 Å². The van der Waals surface area contributed by atoms with Gasteiger partial charge in [0.05, 0.1) is 21.2 Å². The summed E-state index contributed by atoms with van der Waals surface area (Å²) >= 11 is 5.92. The Labute approximate surface area is 129 Å². The molecule has 0 bridgehead atoms. The third-order valence-corrected chi connectivity index (χ3v) is 5.81. The van der Waals surface area contributed by atoms with E-state index in [2.05, 4.69) is 4.90 Å². The van der Waals surface area contributed by atoms with Crippen molar-refractivity contribution in [2.24, 2.45) is 0 Å². The monoisotopic (exact) mass is 331 g/mol. The Morgan fingerprint density at radius 1 is 1.24 bits per heavy atom. The minimum absolute atomic E-state index is 0.0458. The molecule has 0 saturated carbocycles. The molecule has 1 N–H and O–H groups in total. The molecule has 1 aromatic rings. The van der Waals surface area contributed by atoms with E-state index in [4.69, 9.17) is 16.7 Å². The van der Waals surface area contributed by atoms with Gasteiger partial charge in [0.25, 0.3) is 0 Å². The zero-order chi connectivity index (χ0) is 15.5. The molecule has 1 aliphatic heterocycles. The zero-order valence-corrected chi connectivity index (χ0v) is 13.2. The quantitative estimate of drug-likeness (QED) is 0.896. The Bertz CT molecular complexity index is 624. The fourth-order valence-corrected chi connectivity index (χ4v) is 4.28. The van der Waals surface area contributed by atoms with Crippen molar-refractivity contribution >= 4 is 27.4 Å². The maximum atomic E-state index is 12.4. The number of carboxylic acid groups (broad SMARTS) is 1. The van der Waals surface area contributed by atoms with E-state index < -0.39 is 15.8 Å². The van der Waals surface area contributed by atoms with Gasteiger partial charge in [0.2, 0.25) is 0 Å². The van der Waals surface area contributed by atoms with Crippen LogP contribution < -0.4 is 0 Å². The first-order chi connectivity index (χ1) is 9.90. The van der Waals surface area contributed by atoms with E-state index in [1.54, 1.807) is 0 Å². The lowest BCUT2D eigenvalue weighted by molar-refractivity contribution is 0.0696. The van der Waals surface area contributed by atoms with Gasteiger partial charge in [-0.25, -0.2) is 13.2 Å². The maximum absolute atomic E-state index is 12.4. The number of benzene rings is 1. The molecule has 116 valence electrons. The number of hydrogen-bond donors (Lipinski definition) is 1. The van der Waals surface area contributed by atoms with E-state index in [-0.39, 0.29) is 21.2 Å². The minimum atomic E-state index is -3.58. The second kappa shape index (κ2) is 6.77. The minimum Gasteiger partial charge on any atom is -0.478 e. The predicted molar refractivity (Wildman–Crippen MR) is 80.8 cm³/mol. The fourth-order valence-electron chi connectivity index (χ4n) is 2.42. The second-order valence-corrected chi connectivity index (χ2v) is 7.66. The lowest BCUT2D eigenvalue weighted by Crippen LogP contribution is -2.34. The van der Waals surface area contributed by atoms with Gasteiger partial charge in [-0.2, -0.15) is 0 Å². The number of piperidine rings is 1. The predicted octanol–water partition coefficient (Wildman–Crippen LogP) is 2.30. The Hall–Kier alpha value is -1.11. The molecule has 0 aliphatic carbocycles. The lowest BCUT2D eigenvalue weighted by atomic mass is 10.1. The number of rotatable bonds is 5. The van der Waals surface area contributed by atoms with Gasteiger partial charge in [-0.15, -0.1) is 0 Å². The molecule has 0 aromatic heterocycles. The molecule has 2 rings (SSSR count). The van der Waals surface area contributed by atoms with Crippen molar-refractivity contribution in [1.29, 1.82) is 0 Å². The average molecular weight is 332 g/mol. The molecule has 21 heavy (non-hydrogen) atoms. The number of carboxylic acids is 1. The highest BCUT2D eigenvalue weighted by Gasteiger charge is 2.22. The Kier molecular flexibility index (Phi) is 5.24. The number of hydrogen-bond acceptors (Lipinski definition) is 4. The molecule has 5 nitrogen and oxygen atoms in total. The molecule has 7 heteroatoms. The Morgan fingerprint density at radius 3 is 2.52 bits per heavy atom. The summed E-state index contributed by atoms with van der Waals surface area (Å²) < 4.78 is 24.7. The van der Waals surface area contributed by atoms with Crippen LogP contribution in [0.15, 0.2) is 23.1 Å². The molecular weight excluding hydrogens is 314 g/mol. The zero-order valence-electron chi connectivity index (χ0n) is 11.6. The molecule has 0 radical (unpaired) electrons. The number of halogens is 1. The van der Waals surface area contributed by atoms with E-state index >= 15 is 0 Å². The summed E-state index contributed by atoms with van der Waals surface area (Å²) in [5.74, 6) is -1.21. The van der Waals surface area contributed by atoms with Crippen LogP contribution in [0.1, 0.15) is 29.6 Å². The summed E-state index contributed by atoms with van der Waals surface area (Å²) in [6.45, 7) is 2.28. The summed E-state index contributed by atoms with van der Waals surface area (Å²) in [5.41, 5.74) is -0.0732. The first-order valence-corrected chi connectivity index (χ1v) is 8.91.